The molecule has 0 aliphatic carbocycles. The lowest BCUT2D eigenvalue weighted by atomic mass is 9.81. The summed E-state index contributed by atoms with van der Waals surface area (Å²) in [6.45, 7) is 0.971. The second-order valence-corrected chi connectivity index (χ2v) is 4.45. The van der Waals surface area contributed by atoms with Gasteiger partial charge in [0.1, 0.15) is 11.2 Å². The van der Waals surface area contributed by atoms with E-state index in [4.69, 9.17) is 26.3 Å². The van der Waals surface area contributed by atoms with E-state index in [1.54, 1.807) is 13.2 Å². The standard InChI is InChI=1S/C12H12ClNO2/c1-15-11-3-2-10(13)4-9(11)5-12(6-14)7-16-8-12/h2-4H,5,7-8H2,1H3. The summed E-state index contributed by atoms with van der Waals surface area (Å²) in [5.74, 6) is 0.769. The lowest BCUT2D eigenvalue weighted by molar-refractivity contribution is -0.0767. The topological polar surface area (TPSA) is 42.2 Å². The van der Waals surface area contributed by atoms with Crippen LogP contribution in [-0.4, -0.2) is 20.3 Å². The Kier molecular flexibility index (Phi) is 3.04. The van der Waals surface area contributed by atoms with Crippen LogP contribution in [0.15, 0.2) is 18.2 Å². The van der Waals surface area contributed by atoms with Gasteiger partial charge in [-0.1, -0.05) is 11.6 Å². The van der Waals surface area contributed by atoms with Crippen LogP contribution in [0.2, 0.25) is 5.02 Å². The minimum absolute atomic E-state index is 0.405. The van der Waals surface area contributed by atoms with Crippen LogP contribution in [-0.2, 0) is 11.2 Å². The van der Waals surface area contributed by atoms with Gasteiger partial charge in [0.15, 0.2) is 0 Å². The Labute approximate surface area is 99.5 Å². The molecule has 0 amide bonds. The van der Waals surface area contributed by atoms with Gasteiger partial charge >= 0.3 is 0 Å². The summed E-state index contributed by atoms with van der Waals surface area (Å²) in [5, 5.41) is 9.78. The molecule has 0 atom stereocenters. The smallest absolute Gasteiger partial charge is 0.122 e. The van der Waals surface area contributed by atoms with E-state index in [1.165, 1.54) is 0 Å². The van der Waals surface area contributed by atoms with Gasteiger partial charge in [0.05, 0.1) is 26.4 Å². The van der Waals surface area contributed by atoms with Crippen molar-refractivity contribution in [1.82, 2.24) is 0 Å². The van der Waals surface area contributed by atoms with E-state index in [-0.39, 0.29) is 0 Å². The molecule has 0 bridgehead atoms. The van der Waals surface area contributed by atoms with Crippen molar-refractivity contribution < 1.29 is 9.47 Å². The Balaban J connectivity index is 2.26. The molecule has 0 aromatic heterocycles. The molecule has 0 saturated carbocycles. The van der Waals surface area contributed by atoms with Crippen molar-refractivity contribution in [3.63, 3.8) is 0 Å². The summed E-state index contributed by atoms with van der Waals surface area (Å²) < 4.78 is 10.4. The lowest BCUT2D eigenvalue weighted by Crippen LogP contribution is -2.43. The molecule has 2 rings (SSSR count). The molecule has 1 aromatic rings. The first-order chi connectivity index (χ1) is 7.69. The summed E-state index contributed by atoms with van der Waals surface area (Å²) in [4.78, 5) is 0. The average Bonchev–Trinajstić information content (AvgIpc) is 2.24. The van der Waals surface area contributed by atoms with Gasteiger partial charge in [-0.05, 0) is 30.2 Å². The normalized spacial score (nSPS) is 17.3. The molecule has 1 saturated heterocycles. The van der Waals surface area contributed by atoms with Gasteiger partial charge in [-0.2, -0.15) is 5.26 Å². The molecule has 0 N–H and O–H groups in total. The summed E-state index contributed by atoms with van der Waals surface area (Å²) >= 11 is 5.94. The third kappa shape index (κ3) is 1.99. The highest BCUT2D eigenvalue weighted by Gasteiger charge is 2.39. The van der Waals surface area contributed by atoms with Crippen molar-refractivity contribution in [3.05, 3.63) is 28.8 Å². The Hall–Kier alpha value is -1.24. The molecule has 1 aliphatic heterocycles. The maximum absolute atomic E-state index is 9.13. The Morgan fingerprint density at radius 2 is 2.31 bits per heavy atom. The zero-order valence-electron chi connectivity index (χ0n) is 9.00. The van der Waals surface area contributed by atoms with Crippen molar-refractivity contribution in [2.75, 3.05) is 20.3 Å². The maximum Gasteiger partial charge on any atom is 0.122 e. The van der Waals surface area contributed by atoms with Gasteiger partial charge in [0, 0.05) is 5.02 Å². The summed E-state index contributed by atoms with van der Waals surface area (Å²) in [7, 11) is 1.61. The molecule has 16 heavy (non-hydrogen) atoms. The van der Waals surface area contributed by atoms with Crippen LogP contribution < -0.4 is 4.74 Å². The molecule has 3 nitrogen and oxygen atoms in total. The fourth-order valence-corrected chi connectivity index (χ4v) is 2.00. The van der Waals surface area contributed by atoms with E-state index >= 15 is 0 Å². The van der Waals surface area contributed by atoms with Crippen LogP contribution in [0.1, 0.15) is 5.56 Å². The van der Waals surface area contributed by atoms with Crippen LogP contribution in [0, 0.1) is 16.7 Å². The maximum atomic E-state index is 9.13. The predicted molar refractivity (Wildman–Crippen MR) is 60.6 cm³/mol. The van der Waals surface area contributed by atoms with Crippen molar-refractivity contribution >= 4 is 11.6 Å². The van der Waals surface area contributed by atoms with Crippen molar-refractivity contribution in [2.24, 2.45) is 5.41 Å². The summed E-state index contributed by atoms with van der Waals surface area (Å²) in [6.07, 6.45) is 0.618. The molecule has 0 unspecified atom stereocenters. The second-order valence-electron chi connectivity index (χ2n) is 4.02. The molecule has 0 spiro atoms. The van der Waals surface area contributed by atoms with Crippen molar-refractivity contribution in [1.29, 1.82) is 5.26 Å². The average molecular weight is 238 g/mol. The highest BCUT2D eigenvalue weighted by atomic mass is 35.5. The first-order valence-corrected chi connectivity index (χ1v) is 5.38. The van der Waals surface area contributed by atoms with E-state index in [0.29, 0.717) is 24.7 Å². The Morgan fingerprint density at radius 1 is 1.56 bits per heavy atom. The van der Waals surface area contributed by atoms with Crippen LogP contribution >= 0.6 is 11.6 Å². The minimum Gasteiger partial charge on any atom is -0.496 e. The SMILES string of the molecule is COc1ccc(Cl)cc1CC1(C#N)COC1. The zero-order valence-corrected chi connectivity index (χ0v) is 9.75. The van der Waals surface area contributed by atoms with E-state index in [1.807, 2.05) is 12.1 Å². The molecule has 84 valence electrons. The molecule has 1 aromatic carbocycles. The minimum atomic E-state index is -0.405. The van der Waals surface area contributed by atoms with Gasteiger partial charge in [-0.3, -0.25) is 0 Å². The molecule has 1 heterocycles. The number of benzene rings is 1. The van der Waals surface area contributed by atoms with Gasteiger partial charge in [-0.15, -0.1) is 0 Å². The number of rotatable bonds is 3. The highest BCUT2D eigenvalue weighted by Crippen LogP contribution is 2.35. The lowest BCUT2D eigenvalue weighted by Gasteiger charge is -2.35. The van der Waals surface area contributed by atoms with Gasteiger partial charge in [0.25, 0.3) is 0 Å². The quantitative estimate of drug-likeness (QED) is 0.811. The van der Waals surface area contributed by atoms with Crippen LogP contribution in [0.4, 0.5) is 0 Å². The summed E-state index contributed by atoms with van der Waals surface area (Å²) in [5.41, 5.74) is 0.553. The number of hydrogen-bond acceptors (Lipinski definition) is 3. The van der Waals surface area contributed by atoms with Crippen LogP contribution in [0.25, 0.3) is 0 Å². The fraction of sp³-hybridized carbons (Fsp3) is 0.417. The van der Waals surface area contributed by atoms with Crippen LogP contribution in [0.3, 0.4) is 0 Å². The monoisotopic (exact) mass is 237 g/mol. The van der Waals surface area contributed by atoms with Gasteiger partial charge < -0.3 is 9.47 Å². The van der Waals surface area contributed by atoms with E-state index < -0.39 is 5.41 Å². The molecular weight excluding hydrogens is 226 g/mol. The Bertz CT molecular complexity index is 435. The van der Waals surface area contributed by atoms with Gasteiger partial charge in [-0.25, -0.2) is 0 Å². The number of ether oxygens (including phenoxy) is 2. The molecule has 4 heteroatoms. The number of halogens is 1. The largest absolute Gasteiger partial charge is 0.496 e. The number of nitrogens with zero attached hydrogens (tertiary/aromatic N) is 1. The van der Waals surface area contributed by atoms with Crippen molar-refractivity contribution in [2.45, 2.75) is 6.42 Å². The van der Waals surface area contributed by atoms with E-state index in [9.17, 15) is 0 Å². The third-order valence-electron chi connectivity index (χ3n) is 2.77. The second kappa shape index (κ2) is 4.32. The number of methoxy groups -OCH3 is 1. The fourth-order valence-electron chi connectivity index (χ4n) is 1.80. The molecule has 1 aliphatic rings. The highest BCUT2D eigenvalue weighted by molar-refractivity contribution is 6.30. The third-order valence-corrected chi connectivity index (χ3v) is 3.00. The van der Waals surface area contributed by atoms with E-state index in [2.05, 4.69) is 6.07 Å². The molecule has 1 fully saturated rings. The van der Waals surface area contributed by atoms with Gasteiger partial charge in [0.2, 0.25) is 0 Å². The van der Waals surface area contributed by atoms with E-state index in [0.717, 1.165) is 11.3 Å². The number of nitriles is 1. The first-order valence-electron chi connectivity index (χ1n) is 5.00. The predicted octanol–water partition coefficient (Wildman–Crippen LogP) is 2.43. The number of hydrogen-bond donors (Lipinski definition) is 0. The van der Waals surface area contributed by atoms with Crippen molar-refractivity contribution in [3.8, 4) is 11.8 Å². The Morgan fingerprint density at radius 3 is 2.81 bits per heavy atom. The zero-order chi connectivity index (χ0) is 11.6. The van der Waals surface area contributed by atoms with Crippen LogP contribution in [0.5, 0.6) is 5.75 Å². The molecular formula is C12H12ClNO2. The first kappa shape index (κ1) is 11.3. The summed E-state index contributed by atoms with van der Waals surface area (Å²) in [6, 6.07) is 7.76. The molecule has 0 radical (unpaired) electrons.